The van der Waals surface area contributed by atoms with E-state index in [2.05, 4.69) is 5.32 Å². The van der Waals surface area contributed by atoms with Gasteiger partial charge in [0.05, 0.1) is 6.10 Å². The summed E-state index contributed by atoms with van der Waals surface area (Å²) < 4.78 is 10.7. The summed E-state index contributed by atoms with van der Waals surface area (Å²) in [6, 6.07) is 0. The molecular weight excluding hydrogens is 206 g/mol. The lowest BCUT2D eigenvalue weighted by Gasteiger charge is -2.21. The van der Waals surface area contributed by atoms with Crippen LogP contribution in [0.5, 0.6) is 0 Å². The molecule has 4 heteroatoms. The number of carbonyl (C=O) groups excluding carboxylic acids is 1. The van der Waals surface area contributed by atoms with Crippen LogP contribution in [0.25, 0.3) is 0 Å². The minimum absolute atomic E-state index is 0.0533. The molecule has 2 rings (SSSR count). The van der Waals surface area contributed by atoms with Crippen LogP contribution >= 0.6 is 0 Å². The van der Waals surface area contributed by atoms with E-state index < -0.39 is 0 Å². The maximum absolute atomic E-state index is 11.6. The lowest BCUT2D eigenvalue weighted by atomic mass is 9.95. The second kappa shape index (κ2) is 6.21. The normalized spacial score (nSPS) is 26.9. The van der Waals surface area contributed by atoms with Crippen LogP contribution in [0.1, 0.15) is 32.1 Å². The van der Waals surface area contributed by atoms with Gasteiger partial charge in [0.15, 0.2) is 0 Å². The van der Waals surface area contributed by atoms with E-state index in [1.54, 1.807) is 0 Å². The number of hydrogen-bond donors (Lipinski definition) is 1. The molecule has 0 aromatic rings. The molecule has 0 aromatic carbocycles. The van der Waals surface area contributed by atoms with E-state index in [4.69, 9.17) is 9.47 Å². The van der Waals surface area contributed by atoms with Crippen LogP contribution in [0.3, 0.4) is 0 Å². The molecule has 1 atom stereocenters. The molecule has 0 amide bonds. The zero-order valence-electron chi connectivity index (χ0n) is 9.74. The van der Waals surface area contributed by atoms with Crippen LogP contribution in [0.4, 0.5) is 0 Å². The Kier molecular flexibility index (Phi) is 4.60. The Hall–Kier alpha value is -0.610. The first-order chi connectivity index (χ1) is 7.84. The summed E-state index contributed by atoms with van der Waals surface area (Å²) in [5.41, 5.74) is 0. The minimum atomic E-state index is -0.0533. The Bertz CT molecular complexity index is 220. The van der Waals surface area contributed by atoms with Crippen molar-refractivity contribution >= 4 is 5.97 Å². The Morgan fingerprint density at radius 2 is 2.12 bits per heavy atom. The van der Waals surface area contributed by atoms with E-state index in [0.29, 0.717) is 18.9 Å². The van der Waals surface area contributed by atoms with Crippen molar-refractivity contribution < 1.29 is 14.3 Å². The summed E-state index contributed by atoms with van der Waals surface area (Å²) in [5, 5.41) is 3.29. The third kappa shape index (κ3) is 3.76. The number of ether oxygens (including phenoxy) is 2. The molecular formula is C12H21NO3. The van der Waals surface area contributed by atoms with Crippen LogP contribution < -0.4 is 5.32 Å². The lowest BCUT2D eigenvalue weighted by Crippen LogP contribution is -2.29. The summed E-state index contributed by atoms with van der Waals surface area (Å²) in [7, 11) is 0. The van der Waals surface area contributed by atoms with E-state index in [0.717, 1.165) is 45.4 Å². The van der Waals surface area contributed by atoms with Gasteiger partial charge in [-0.15, -0.1) is 0 Å². The maximum atomic E-state index is 11.6. The van der Waals surface area contributed by atoms with E-state index in [1.807, 2.05) is 0 Å². The number of hydrogen-bond acceptors (Lipinski definition) is 4. The number of piperidine rings is 1. The Morgan fingerprint density at radius 3 is 2.81 bits per heavy atom. The van der Waals surface area contributed by atoms with Crippen molar-refractivity contribution in [2.24, 2.45) is 5.92 Å². The highest BCUT2D eigenvalue weighted by Crippen LogP contribution is 2.17. The third-order valence-electron chi connectivity index (χ3n) is 3.37. The highest BCUT2D eigenvalue weighted by atomic mass is 16.6. The molecule has 2 fully saturated rings. The largest absolute Gasteiger partial charge is 0.463 e. The maximum Gasteiger partial charge on any atom is 0.306 e. The molecule has 1 unspecified atom stereocenters. The van der Waals surface area contributed by atoms with Crippen molar-refractivity contribution in [3.63, 3.8) is 0 Å². The lowest BCUT2D eigenvalue weighted by molar-refractivity contribution is -0.148. The van der Waals surface area contributed by atoms with Crippen molar-refractivity contribution in [1.82, 2.24) is 5.32 Å². The summed E-state index contributed by atoms with van der Waals surface area (Å²) in [6.45, 7) is 3.33. The topological polar surface area (TPSA) is 47.6 Å². The predicted octanol–water partition coefficient (Wildman–Crippen LogP) is 1.10. The SMILES string of the molecule is O=C(CC1CCNCC1)OCC1CCCO1. The predicted molar refractivity (Wildman–Crippen MR) is 60.1 cm³/mol. The van der Waals surface area contributed by atoms with Gasteiger partial charge in [0.1, 0.15) is 6.61 Å². The molecule has 2 heterocycles. The quantitative estimate of drug-likeness (QED) is 0.731. The van der Waals surface area contributed by atoms with Crippen LogP contribution in [-0.4, -0.2) is 38.4 Å². The molecule has 2 saturated heterocycles. The fraction of sp³-hybridized carbons (Fsp3) is 0.917. The van der Waals surface area contributed by atoms with Crippen molar-refractivity contribution in [2.45, 2.75) is 38.2 Å². The number of carbonyl (C=O) groups is 1. The molecule has 0 aliphatic carbocycles. The molecule has 0 spiro atoms. The number of rotatable bonds is 4. The minimum Gasteiger partial charge on any atom is -0.463 e. The van der Waals surface area contributed by atoms with Gasteiger partial charge < -0.3 is 14.8 Å². The number of esters is 1. The first-order valence-electron chi connectivity index (χ1n) is 6.32. The molecule has 0 radical (unpaired) electrons. The molecule has 4 nitrogen and oxygen atoms in total. The monoisotopic (exact) mass is 227 g/mol. The van der Waals surface area contributed by atoms with Crippen LogP contribution in [0.2, 0.25) is 0 Å². The summed E-state index contributed by atoms with van der Waals surface area (Å²) in [4.78, 5) is 11.6. The van der Waals surface area contributed by atoms with Crippen molar-refractivity contribution in [3.8, 4) is 0 Å². The Morgan fingerprint density at radius 1 is 1.31 bits per heavy atom. The fourth-order valence-electron chi connectivity index (χ4n) is 2.34. The summed E-state index contributed by atoms with van der Waals surface area (Å²) in [6.07, 6.45) is 5.03. The van der Waals surface area contributed by atoms with Gasteiger partial charge in [-0.2, -0.15) is 0 Å². The highest BCUT2D eigenvalue weighted by molar-refractivity contribution is 5.69. The van der Waals surface area contributed by atoms with E-state index in [1.165, 1.54) is 0 Å². The second-order valence-electron chi connectivity index (χ2n) is 4.72. The van der Waals surface area contributed by atoms with E-state index in [-0.39, 0.29) is 12.1 Å². The van der Waals surface area contributed by atoms with Crippen LogP contribution in [0, 0.1) is 5.92 Å². The number of nitrogens with one attached hydrogen (secondary N) is 1. The molecule has 92 valence electrons. The zero-order chi connectivity index (χ0) is 11.2. The molecule has 2 aliphatic heterocycles. The third-order valence-corrected chi connectivity index (χ3v) is 3.37. The van der Waals surface area contributed by atoms with Gasteiger partial charge in [-0.25, -0.2) is 0 Å². The van der Waals surface area contributed by atoms with Gasteiger partial charge in [0.25, 0.3) is 0 Å². The zero-order valence-corrected chi connectivity index (χ0v) is 9.74. The Labute approximate surface area is 96.7 Å². The van der Waals surface area contributed by atoms with Gasteiger partial charge in [0, 0.05) is 13.0 Å². The Balaban J connectivity index is 1.59. The molecule has 0 saturated carbocycles. The van der Waals surface area contributed by atoms with Gasteiger partial charge in [-0.05, 0) is 44.7 Å². The van der Waals surface area contributed by atoms with Gasteiger partial charge >= 0.3 is 5.97 Å². The summed E-state index contributed by atoms with van der Waals surface area (Å²) in [5.74, 6) is 0.459. The molecule has 0 bridgehead atoms. The van der Waals surface area contributed by atoms with Gasteiger partial charge in [-0.1, -0.05) is 0 Å². The van der Waals surface area contributed by atoms with Crippen molar-refractivity contribution in [3.05, 3.63) is 0 Å². The fourth-order valence-corrected chi connectivity index (χ4v) is 2.34. The second-order valence-corrected chi connectivity index (χ2v) is 4.72. The van der Waals surface area contributed by atoms with Gasteiger partial charge in [-0.3, -0.25) is 4.79 Å². The van der Waals surface area contributed by atoms with Crippen molar-refractivity contribution in [2.75, 3.05) is 26.3 Å². The molecule has 1 N–H and O–H groups in total. The highest BCUT2D eigenvalue weighted by Gasteiger charge is 2.20. The first kappa shape index (κ1) is 11.9. The summed E-state index contributed by atoms with van der Waals surface area (Å²) >= 11 is 0. The average Bonchev–Trinajstić information content (AvgIpc) is 2.81. The smallest absolute Gasteiger partial charge is 0.306 e. The molecule has 16 heavy (non-hydrogen) atoms. The van der Waals surface area contributed by atoms with Crippen LogP contribution in [-0.2, 0) is 14.3 Å². The molecule has 2 aliphatic rings. The average molecular weight is 227 g/mol. The van der Waals surface area contributed by atoms with E-state index >= 15 is 0 Å². The van der Waals surface area contributed by atoms with E-state index in [9.17, 15) is 4.79 Å². The first-order valence-corrected chi connectivity index (χ1v) is 6.32. The van der Waals surface area contributed by atoms with Crippen molar-refractivity contribution in [1.29, 1.82) is 0 Å². The molecule has 0 aromatic heterocycles. The van der Waals surface area contributed by atoms with Crippen LogP contribution in [0.15, 0.2) is 0 Å². The standard InChI is InChI=1S/C12H21NO3/c14-12(8-10-3-5-13-6-4-10)16-9-11-2-1-7-15-11/h10-11,13H,1-9H2. The van der Waals surface area contributed by atoms with Gasteiger partial charge in [0.2, 0.25) is 0 Å².